The highest BCUT2D eigenvalue weighted by Gasteiger charge is 2.36. The Balaban J connectivity index is 1.75. The van der Waals surface area contributed by atoms with Crippen LogP contribution in [0.2, 0.25) is 0 Å². The number of hydrogen-bond acceptors (Lipinski definition) is 6. The summed E-state index contributed by atoms with van der Waals surface area (Å²) in [6.45, 7) is 4.05. The quantitative estimate of drug-likeness (QED) is 0.824. The number of allylic oxidation sites excluding steroid dienone is 2. The van der Waals surface area contributed by atoms with Crippen LogP contribution in [0.3, 0.4) is 0 Å². The summed E-state index contributed by atoms with van der Waals surface area (Å²) >= 11 is 0. The molecule has 24 heavy (non-hydrogen) atoms. The smallest absolute Gasteiger partial charge is 0.168 e. The molecule has 0 unspecified atom stereocenters. The molecule has 0 spiro atoms. The Morgan fingerprint density at radius 1 is 1.25 bits per heavy atom. The number of aliphatic hydroxyl groups excluding tert-OH is 1. The van der Waals surface area contributed by atoms with E-state index in [0.717, 1.165) is 0 Å². The van der Waals surface area contributed by atoms with Crippen molar-refractivity contribution in [3.05, 3.63) is 28.3 Å². The second-order valence-electron chi connectivity index (χ2n) is 7.45. The van der Waals surface area contributed by atoms with Crippen LogP contribution in [-0.2, 0) is 17.6 Å². The number of carbonyl (C=O) groups is 2. The van der Waals surface area contributed by atoms with Gasteiger partial charge in [0.05, 0.1) is 16.8 Å². The molecule has 1 aromatic heterocycles. The highest BCUT2D eigenvalue weighted by molar-refractivity contribution is 6.22. The molecule has 0 atom stereocenters. The number of ketones is 2. The van der Waals surface area contributed by atoms with Crippen molar-refractivity contribution in [2.24, 2.45) is 5.41 Å². The van der Waals surface area contributed by atoms with E-state index in [1.165, 1.54) is 0 Å². The highest BCUT2D eigenvalue weighted by Crippen LogP contribution is 2.36. The van der Waals surface area contributed by atoms with Crippen LogP contribution in [0.5, 0.6) is 0 Å². The summed E-state index contributed by atoms with van der Waals surface area (Å²) in [6, 6.07) is 0. The van der Waals surface area contributed by atoms with Gasteiger partial charge in [0.2, 0.25) is 0 Å². The maximum absolute atomic E-state index is 12.4. The Labute approximate surface area is 140 Å². The van der Waals surface area contributed by atoms with Gasteiger partial charge >= 0.3 is 0 Å². The molecule has 0 saturated heterocycles. The number of Topliss-reactive ketones (excluding diaryl/α,β-unsaturated/α-hetero) is 2. The molecular weight excluding hydrogens is 308 g/mol. The van der Waals surface area contributed by atoms with Crippen molar-refractivity contribution in [2.75, 3.05) is 0 Å². The lowest BCUT2D eigenvalue weighted by atomic mass is 9.76. The van der Waals surface area contributed by atoms with Gasteiger partial charge in [-0.05, 0) is 24.7 Å². The lowest BCUT2D eigenvalue weighted by Crippen LogP contribution is -2.26. The number of carbonyl (C=O) groups excluding carboxylic acids is 2. The van der Waals surface area contributed by atoms with Crippen LogP contribution in [0.4, 0.5) is 0 Å². The van der Waals surface area contributed by atoms with Crippen molar-refractivity contribution in [3.8, 4) is 0 Å². The zero-order valence-corrected chi connectivity index (χ0v) is 14.1. The number of nitrogens with one attached hydrogen (secondary N) is 1. The van der Waals surface area contributed by atoms with E-state index in [4.69, 9.17) is 9.93 Å². The minimum atomic E-state index is -0.177. The number of aryl methyl sites for hydroxylation is 1. The summed E-state index contributed by atoms with van der Waals surface area (Å²) in [5.74, 6) is 0.480. The van der Waals surface area contributed by atoms with Crippen LogP contribution in [0.1, 0.15) is 67.8 Å². The summed E-state index contributed by atoms with van der Waals surface area (Å²) < 4.78 is 5.34. The number of rotatable bonds is 4. The van der Waals surface area contributed by atoms with Gasteiger partial charge in [0.15, 0.2) is 11.6 Å². The molecule has 0 fully saturated rings. The van der Waals surface area contributed by atoms with Crippen molar-refractivity contribution in [2.45, 2.75) is 58.8 Å². The fourth-order valence-corrected chi connectivity index (χ4v) is 3.53. The third-order valence-electron chi connectivity index (χ3n) is 4.69. The van der Waals surface area contributed by atoms with Gasteiger partial charge in [0.25, 0.3) is 0 Å². The molecule has 0 bridgehead atoms. The molecule has 0 saturated carbocycles. The Morgan fingerprint density at radius 2 is 2.00 bits per heavy atom. The second-order valence-corrected chi connectivity index (χ2v) is 7.45. The molecule has 2 N–H and O–H groups in total. The molecule has 1 aromatic rings. The topological polar surface area (TPSA) is 104 Å². The van der Waals surface area contributed by atoms with Gasteiger partial charge in [-0.15, -0.1) is 0 Å². The molecule has 0 radical (unpaired) electrons. The summed E-state index contributed by atoms with van der Waals surface area (Å²) in [5, 5.41) is 22.0. The molecule has 2 aliphatic carbocycles. The largest absolute Gasteiger partial charge is 0.511 e. The summed E-state index contributed by atoms with van der Waals surface area (Å²) in [7, 11) is 0. The first kappa shape index (κ1) is 16.6. The molecule has 0 amide bonds. The number of aromatic nitrogens is 1. The van der Waals surface area contributed by atoms with E-state index in [9.17, 15) is 14.7 Å². The van der Waals surface area contributed by atoms with E-state index in [0.29, 0.717) is 55.5 Å². The van der Waals surface area contributed by atoms with Crippen LogP contribution >= 0.6 is 0 Å². The van der Waals surface area contributed by atoms with Gasteiger partial charge in [-0.3, -0.25) is 9.59 Å². The number of hydrogen-bond donors (Lipinski definition) is 2. The fourth-order valence-electron chi connectivity index (χ4n) is 3.53. The minimum Gasteiger partial charge on any atom is -0.511 e. The van der Waals surface area contributed by atoms with Crippen molar-refractivity contribution in [1.29, 1.82) is 5.41 Å². The van der Waals surface area contributed by atoms with E-state index >= 15 is 0 Å². The number of aliphatic hydroxyl groups is 1. The van der Waals surface area contributed by atoms with Crippen molar-refractivity contribution >= 4 is 17.3 Å². The molecule has 1 heterocycles. The van der Waals surface area contributed by atoms with Crippen LogP contribution < -0.4 is 0 Å². The molecular formula is C18H22N2O4. The SMILES string of the molecule is CC1(C)CC(=O)c2c(CCC(=N)C3=C(O)CCCC3=O)noc2C1. The summed E-state index contributed by atoms with van der Waals surface area (Å²) in [5.41, 5.74) is 1.23. The van der Waals surface area contributed by atoms with E-state index in [2.05, 4.69) is 5.16 Å². The van der Waals surface area contributed by atoms with Crippen molar-refractivity contribution < 1.29 is 19.2 Å². The van der Waals surface area contributed by atoms with Gasteiger partial charge in [-0.2, -0.15) is 0 Å². The maximum Gasteiger partial charge on any atom is 0.168 e. The van der Waals surface area contributed by atoms with Crippen LogP contribution in [0.25, 0.3) is 0 Å². The van der Waals surface area contributed by atoms with Gasteiger partial charge in [-0.25, -0.2) is 0 Å². The zero-order chi connectivity index (χ0) is 17.5. The van der Waals surface area contributed by atoms with E-state index < -0.39 is 0 Å². The van der Waals surface area contributed by atoms with E-state index in [1.54, 1.807) is 0 Å². The second kappa shape index (κ2) is 6.00. The Kier molecular flexibility index (Phi) is 4.15. The summed E-state index contributed by atoms with van der Waals surface area (Å²) in [6.07, 6.45) is 3.17. The lowest BCUT2D eigenvalue weighted by Gasteiger charge is -2.26. The molecule has 3 rings (SSSR count). The monoisotopic (exact) mass is 330 g/mol. The Morgan fingerprint density at radius 3 is 2.71 bits per heavy atom. The minimum absolute atomic E-state index is 0.0104. The predicted octanol–water partition coefficient (Wildman–Crippen LogP) is 3.35. The normalized spacial score (nSPS) is 20.2. The van der Waals surface area contributed by atoms with E-state index in [1.807, 2.05) is 13.8 Å². The molecule has 6 heteroatoms. The Bertz CT molecular complexity index is 755. The van der Waals surface area contributed by atoms with Crippen molar-refractivity contribution in [1.82, 2.24) is 5.16 Å². The van der Waals surface area contributed by atoms with E-state index in [-0.39, 0.29) is 40.4 Å². The van der Waals surface area contributed by atoms with Crippen LogP contribution in [-0.4, -0.2) is 27.5 Å². The maximum atomic E-state index is 12.4. The molecule has 128 valence electrons. The average molecular weight is 330 g/mol. The Hall–Kier alpha value is -2.24. The average Bonchev–Trinajstić information content (AvgIpc) is 2.86. The van der Waals surface area contributed by atoms with Crippen molar-refractivity contribution in [3.63, 3.8) is 0 Å². The standard InChI is InChI=1S/C18H22N2O4/c1-18(2)8-14(23)17-11(20-24-15(17)9-18)7-6-10(19)16-12(21)4-3-5-13(16)22/h19,21H,3-9H2,1-2H3. The highest BCUT2D eigenvalue weighted by atomic mass is 16.5. The molecule has 0 aliphatic heterocycles. The van der Waals surface area contributed by atoms with Crippen LogP contribution in [0, 0.1) is 10.8 Å². The summed E-state index contributed by atoms with van der Waals surface area (Å²) in [4.78, 5) is 24.3. The number of fused-ring (bicyclic) bond motifs is 1. The molecule has 6 nitrogen and oxygen atoms in total. The zero-order valence-electron chi connectivity index (χ0n) is 14.1. The fraction of sp³-hybridized carbons (Fsp3) is 0.556. The third-order valence-corrected chi connectivity index (χ3v) is 4.69. The number of nitrogens with zero attached hydrogens (tertiary/aromatic N) is 1. The first-order valence-corrected chi connectivity index (χ1v) is 8.32. The first-order valence-electron chi connectivity index (χ1n) is 8.32. The third kappa shape index (κ3) is 3.05. The van der Waals surface area contributed by atoms with Gasteiger partial charge in [0.1, 0.15) is 11.5 Å². The molecule has 2 aliphatic rings. The predicted molar refractivity (Wildman–Crippen MR) is 87.5 cm³/mol. The van der Waals surface area contributed by atoms with Gasteiger partial charge < -0.3 is 15.0 Å². The molecule has 0 aromatic carbocycles. The lowest BCUT2D eigenvalue weighted by molar-refractivity contribution is -0.115. The first-order chi connectivity index (χ1) is 11.3. The van der Waals surface area contributed by atoms with Crippen LogP contribution in [0.15, 0.2) is 15.9 Å². The van der Waals surface area contributed by atoms with Gasteiger partial charge in [-0.1, -0.05) is 19.0 Å². The van der Waals surface area contributed by atoms with Gasteiger partial charge in [0, 0.05) is 31.4 Å².